The highest BCUT2D eigenvalue weighted by Crippen LogP contribution is 2.28. The minimum Gasteiger partial charge on any atom is -0.285 e. The summed E-state index contributed by atoms with van der Waals surface area (Å²) in [5.74, 6) is 0.538. The molecule has 0 spiro atoms. The molecule has 0 saturated heterocycles. The van der Waals surface area contributed by atoms with Gasteiger partial charge >= 0.3 is 0 Å². The molecule has 0 radical (unpaired) electrons. The van der Waals surface area contributed by atoms with E-state index < -0.39 is 0 Å². The van der Waals surface area contributed by atoms with Crippen molar-refractivity contribution in [3.63, 3.8) is 0 Å². The van der Waals surface area contributed by atoms with Crippen molar-refractivity contribution in [3.05, 3.63) is 35.2 Å². The first-order chi connectivity index (χ1) is 7.07. The molecule has 0 fully saturated rings. The van der Waals surface area contributed by atoms with Gasteiger partial charge in [-0.3, -0.25) is 5.10 Å². The maximum Gasteiger partial charge on any atom is 0.0562 e. The summed E-state index contributed by atoms with van der Waals surface area (Å²) in [6.45, 7) is 10.9. The minimum absolute atomic E-state index is 0.538. The SMILES string of the molecule is CC=C(C)/C(=C(\C)c1cn[nH]c1)C(C)C. The average molecular weight is 204 g/mol. The zero-order valence-electron chi connectivity index (χ0n) is 10.3. The summed E-state index contributed by atoms with van der Waals surface area (Å²) in [4.78, 5) is 0. The first kappa shape index (κ1) is 11.8. The Balaban J connectivity index is 3.23. The molecule has 0 aliphatic rings. The van der Waals surface area contributed by atoms with Crippen LogP contribution in [0, 0.1) is 5.92 Å². The van der Waals surface area contributed by atoms with Gasteiger partial charge in [-0.1, -0.05) is 25.5 Å². The molecule has 0 aromatic carbocycles. The number of H-pyrrole nitrogens is 1. The molecular formula is C13H20N2. The Morgan fingerprint density at radius 2 is 2.07 bits per heavy atom. The molecule has 2 heteroatoms. The van der Waals surface area contributed by atoms with Crippen LogP contribution in [0.2, 0.25) is 0 Å². The van der Waals surface area contributed by atoms with Crippen molar-refractivity contribution in [2.45, 2.75) is 34.6 Å². The summed E-state index contributed by atoms with van der Waals surface area (Å²) in [7, 11) is 0. The van der Waals surface area contributed by atoms with Crippen molar-refractivity contribution < 1.29 is 0 Å². The lowest BCUT2D eigenvalue weighted by molar-refractivity contribution is 0.779. The third kappa shape index (κ3) is 2.58. The predicted molar refractivity (Wildman–Crippen MR) is 65.5 cm³/mol. The second-order valence-corrected chi connectivity index (χ2v) is 4.15. The van der Waals surface area contributed by atoms with E-state index in [0.717, 1.165) is 0 Å². The number of rotatable bonds is 3. The second-order valence-electron chi connectivity index (χ2n) is 4.15. The number of hydrogen-bond donors (Lipinski definition) is 1. The Bertz CT molecular complexity index is 367. The monoisotopic (exact) mass is 204 g/mol. The smallest absolute Gasteiger partial charge is 0.0562 e. The van der Waals surface area contributed by atoms with Crippen molar-refractivity contribution in [3.8, 4) is 0 Å². The van der Waals surface area contributed by atoms with Gasteiger partial charge in [0.1, 0.15) is 0 Å². The topological polar surface area (TPSA) is 28.7 Å². The van der Waals surface area contributed by atoms with E-state index in [0.29, 0.717) is 5.92 Å². The lowest BCUT2D eigenvalue weighted by Crippen LogP contribution is -1.99. The van der Waals surface area contributed by atoms with E-state index in [2.05, 4.69) is 50.9 Å². The zero-order valence-corrected chi connectivity index (χ0v) is 10.3. The molecule has 0 bridgehead atoms. The van der Waals surface area contributed by atoms with Crippen molar-refractivity contribution in [2.24, 2.45) is 5.92 Å². The quantitative estimate of drug-likeness (QED) is 0.745. The molecule has 2 nitrogen and oxygen atoms in total. The lowest BCUT2D eigenvalue weighted by Gasteiger charge is -2.15. The second kappa shape index (κ2) is 4.96. The molecule has 1 aromatic rings. The van der Waals surface area contributed by atoms with Crippen molar-refractivity contribution in [1.82, 2.24) is 10.2 Å². The number of aromatic nitrogens is 2. The van der Waals surface area contributed by atoms with Gasteiger partial charge in [-0.15, -0.1) is 0 Å². The number of allylic oxidation sites excluding steroid dienone is 4. The molecule has 1 aromatic heterocycles. The fourth-order valence-electron chi connectivity index (χ4n) is 1.95. The molecule has 0 aliphatic heterocycles. The summed E-state index contributed by atoms with van der Waals surface area (Å²) in [5.41, 5.74) is 5.26. The molecule has 1 rings (SSSR count). The van der Waals surface area contributed by atoms with E-state index in [1.54, 1.807) is 0 Å². The van der Waals surface area contributed by atoms with E-state index >= 15 is 0 Å². The van der Waals surface area contributed by atoms with E-state index in [-0.39, 0.29) is 0 Å². The molecule has 15 heavy (non-hydrogen) atoms. The molecule has 0 atom stereocenters. The highest BCUT2D eigenvalue weighted by atomic mass is 15.1. The molecule has 1 heterocycles. The van der Waals surface area contributed by atoms with E-state index in [1.165, 1.54) is 22.3 Å². The van der Waals surface area contributed by atoms with Crippen molar-refractivity contribution >= 4 is 5.57 Å². The number of aromatic amines is 1. The van der Waals surface area contributed by atoms with Gasteiger partial charge in [0.05, 0.1) is 6.20 Å². The first-order valence-electron chi connectivity index (χ1n) is 5.41. The normalized spacial score (nSPS) is 14.4. The molecule has 0 aliphatic carbocycles. The van der Waals surface area contributed by atoms with Crippen molar-refractivity contribution in [1.29, 1.82) is 0 Å². The highest BCUT2D eigenvalue weighted by molar-refractivity contribution is 5.70. The van der Waals surface area contributed by atoms with Gasteiger partial charge in [0, 0.05) is 11.8 Å². The van der Waals surface area contributed by atoms with Crippen LogP contribution in [0.1, 0.15) is 40.2 Å². The third-order valence-electron chi connectivity index (χ3n) is 2.77. The van der Waals surface area contributed by atoms with Crippen LogP contribution in [0.15, 0.2) is 29.6 Å². The zero-order chi connectivity index (χ0) is 11.4. The van der Waals surface area contributed by atoms with E-state index in [4.69, 9.17) is 0 Å². The van der Waals surface area contributed by atoms with Crippen molar-refractivity contribution in [2.75, 3.05) is 0 Å². The molecule has 82 valence electrons. The maximum absolute atomic E-state index is 3.99. The van der Waals surface area contributed by atoms with Gasteiger partial charge < -0.3 is 0 Å². The fraction of sp³-hybridized carbons (Fsp3) is 0.462. The third-order valence-corrected chi connectivity index (χ3v) is 2.77. The Labute approximate surface area is 92.1 Å². The summed E-state index contributed by atoms with van der Waals surface area (Å²) in [6.07, 6.45) is 5.99. The Hall–Kier alpha value is -1.31. The number of nitrogens with one attached hydrogen (secondary N) is 1. The van der Waals surface area contributed by atoms with Crippen LogP contribution in [0.25, 0.3) is 5.57 Å². The molecule has 0 amide bonds. The summed E-state index contributed by atoms with van der Waals surface area (Å²) in [5, 5.41) is 6.85. The van der Waals surface area contributed by atoms with Gasteiger partial charge in [0.25, 0.3) is 0 Å². The van der Waals surface area contributed by atoms with Gasteiger partial charge in [0.2, 0.25) is 0 Å². The average Bonchev–Trinajstić information content (AvgIpc) is 2.69. The molecular weight excluding hydrogens is 184 g/mol. The summed E-state index contributed by atoms with van der Waals surface area (Å²) < 4.78 is 0. The first-order valence-corrected chi connectivity index (χ1v) is 5.41. The Morgan fingerprint density at radius 1 is 1.40 bits per heavy atom. The van der Waals surface area contributed by atoms with Gasteiger partial charge in [-0.25, -0.2) is 0 Å². The van der Waals surface area contributed by atoms with Crippen LogP contribution in [0.5, 0.6) is 0 Å². The summed E-state index contributed by atoms with van der Waals surface area (Å²) in [6, 6.07) is 0. The molecule has 1 N–H and O–H groups in total. The highest BCUT2D eigenvalue weighted by Gasteiger charge is 2.10. The standard InChI is InChI=1S/C13H20N2/c1-6-10(4)13(9(2)3)11(5)12-7-14-15-8-12/h6-9H,1-5H3,(H,14,15)/b10-6?,13-11+. The van der Waals surface area contributed by atoms with E-state index in [1.807, 2.05) is 12.4 Å². The van der Waals surface area contributed by atoms with Crippen LogP contribution in [0.4, 0.5) is 0 Å². The van der Waals surface area contributed by atoms with Crippen LogP contribution in [0.3, 0.4) is 0 Å². The maximum atomic E-state index is 3.99. The van der Waals surface area contributed by atoms with Crippen LogP contribution in [-0.4, -0.2) is 10.2 Å². The van der Waals surface area contributed by atoms with Crippen LogP contribution >= 0.6 is 0 Å². The number of hydrogen-bond acceptors (Lipinski definition) is 1. The van der Waals surface area contributed by atoms with Crippen LogP contribution < -0.4 is 0 Å². The lowest BCUT2D eigenvalue weighted by atomic mass is 9.89. The van der Waals surface area contributed by atoms with Gasteiger partial charge in [-0.05, 0) is 37.8 Å². The molecule has 0 saturated carbocycles. The van der Waals surface area contributed by atoms with E-state index in [9.17, 15) is 0 Å². The molecule has 0 unspecified atom stereocenters. The summed E-state index contributed by atoms with van der Waals surface area (Å²) >= 11 is 0. The number of nitrogens with zero attached hydrogens (tertiary/aromatic N) is 1. The Morgan fingerprint density at radius 3 is 2.47 bits per heavy atom. The fourth-order valence-corrected chi connectivity index (χ4v) is 1.95. The minimum atomic E-state index is 0.538. The Kier molecular flexibility index (Phi) is 3.89. The van der Waals surface area contributed by atoms with Crippen LogP contribution in [-0.2, 0) is 0 Å². The largest absolute Gasteiger partial charge is 0.285 e. The van der Waals surface area contributed by atoms with Gasteiger partial charge in [0.15, 0.2) is 0 Å². The predicted octanol–water partition coefficient (Wildman–Crippen LogP) is 3.81. The van der Waals surface area contributed by atoms with Gasteiger partial charge in [-0.2, -0.15) is 5.10 Å².